The lowest BCUT2D eigenvalue weighted by Gasteiger charge is -2.08. The average Bonchev–Trinajstić information content (AvgIpc) is 2.41. The molecular formula is C15H12ClFO2. The van der Waals surface area contributed by atoms with Crippen molar-refractivity contribution in [1.29, 1.82) is 0 Å². The minimum absolute atomic E-state index is 0.0699. The summed E-state index contributed by atoms with van der Waals surface area (Å²) in [4.78, 5) is 10.9. The van der Waals surface area contributed by atoms with Crippen molar-refractivity contribution in [1.82, 2.24) is 0 Å². The van der Waals surface area contributed by atoms with Crippen LogP contribution < -0.4 is 0 Å². The first-order chi connectivity index (χ1) is 8.99. The molecule has 2 aromatic rings. The Hall–Kier alpha value is -1.87. The molecule has 0 spiro atoms. The number of hydrogen-bond donors (Lipinski definition) is 1. The average molecular weight is 279 g/mol. The highest BCUT2D eigenvalue weighted by atomic mass is 35.5. The molecule has 19 heavy (non-hydrogen) atoms. The minimum Gasteiger partial charge on any atom is -0.481 e. The Morgan fingerprint density at radius 2 is 1.74 bits per heavy atom. The molecule has 0 saturated carbocycles. The summed E-state index contributed by atoms with van der Waals surface area (Å²) in [6, 6.07) is 11.6. The molecule has 0 amide bonds. The van der Waals surface area contributed by atoms with Gasteiger partial charge in [0.25, 0.3) is 0 Å². The summed E-state index contributed by atoms with van der Waals surface area (Å²) in [5, 5.41) is 9.00. The van der Waals surface area contributed by atoms with Gasteiger partial charge in [-0.2, -0.15) is 0 Å². The molecule has 0 aromatic heterocycles. The molecule has 0 bridgehead atoms. The van der Waals surface area contributed by atoms with Gasteiger partial charge in [-0.25, -0.2) is 4.39 Å². The van der Waals surface area contributed by atoms with Crippen LogP contribution in [0.2, 0.25) is 5.02 Å². The number of carboxylic acids is 1. The van der Waals surface area contributed by atoms with Gasteiger partial charge >= 0.3 is 5.97 Å². The van der Waals surface area contributed by atoms with Gasteiger partial charge in [0.05, 0.1) is 10.9 Å². The van der Waals surface area contributed by atoms with Gasteiger partial charge in [0.2, 0.25) is 0 Å². The fourth-order valence-corrected chi connectivity index (χ4v) is 1.96. The fraction of sp³-hybridized carbons (Fsp3) is 0.133. The quantitative estimate of drug-likeness (QED) is 0.907. The van der Waals surface area contributed by atoms with E-state index < -0.39 is 17.7 Å². The summed E-state index contributed by atoms with van der Waals surface area (Å²) in [6.45, 7) is 1.63. The molecule has 2 aromatic carbocycles. The number of hydrogen-bond acceptors (Lipinski definition) is 1. The van der Waals surface area contributed by atoms with Crippen LogP contribution >= 0.6 is 11.6 Å². The molecule has 0 saturated heterocycles. The Kier molecular flexibility index (Phi) is 3.86. The lowest BCUT2D eigenvalue weighted by molar-refractivity contribution is -0.138. The third kappa shape index (κ3) is 2.93. The summed E-state index contributed by atoms with van der Waals surface area (Å²) >= 11 is 5.73. The lowest BCUT2D eigenvalue weighted by Crippen LogP contribution is -2.06. The largest absolute Gasteiger partial charge is 0.481 e. The molecular weight excluding hydrogens is 267 g/mol. The molecule has 0 heterocycles. The van der Waals surface area contributed by atoms with E-state index >= 15 is 0 Å². The number of rotatable bonds is 3. The van der Waals surface area contributed by atoms with E-state index in [4.69, 9.17) is 16.7 Å². The van der Waals surface area contributed by atoms with Gasteiger partial charge in [-0.1, -0.05) is 41.9 Å². The van der Waals surface area contributed by atoms with Crippen LogP contribution in [0.3, 0.4) is 0 Å². The normalized spacial score (nSPS) is 12.2. The van der Waals surface area contributed by atoms with Gasteiger partial charge in [0.15, 0.2) is 0 Å². The molecule has 0 aliphatic heterocycles. The molecule has 2 rings (SSSR count). The van der Waals surface area contributed by atoms with Gasteiger partial charge < -0.3 is 5.11 Å². The number of carboxylic acid groups (broad SMARTS) is 1. The summed E-state index contributed by atoms with van der Waals surface area (Å²) in [5.41, 5.74) is 2.38. The maximum Gasteiger partial charge on any atom is 0.310 e. The number of carbonyl (C=O) groups is 1. The highest BCUT2D eigenvalue weighted by molar-refractivity contribution is 6.31. The van der Waals surface area contributed by atoms with Crippen molar-refractivity contribution in [3.8, 4) is 11.1 Å². The van der Waals surface area contributed by atoms with E-state index in [1.165, 1.54) is 6.07 Å². The van der Waals surface area contributed by atoms with Crippen molar-refractivity contribution in [2.45, 2.75) is 12.8 Å². The molecule has 1 unspecified atom stereocenters. The van der Waals surface area contributed by atoms with Crippen LogP contribution in [-0.2, 0) is 4.79 Å². The Morgan fingerprint density at radius 1 is 1.16 bits per heavy atom. The first-order valence-electron chi connectivity index (χ1n) is 5.77. The van der Waals surface area contributed by atoms with Gasteiger partial charge in [-0.3, -0.25) is 4.79 Å². The van der Waals surface area contributed by atoms with E-state index in [-0.39, 0.29) is 5.02 Å². The van der Waals surface area contributed by atoms with E-state index in [1.54, 1.807) is 43.3 Å². The Labute approximate surface area is 115 Å². The monoisotopic (exact) mass is 278 g/mol. The second kappa shape index (κ2) is 5.41. The van der Waals surface area contributed by atoms with E-state index in [1.807, 2.05) is 0 Å². The first-order valence-corrected chi connectivity index (χ1v) is 6.15. The predicted molar refractivity (Wildman–Crippen MR) is 72.9 cm³/mol. The molecule has 0 aliphatic carbocycles. The topological polar surface area (TPSA) is 37.3 Å². The summed E-state index contributed by atoms with van der Waals surface area (Å²) < 4.78 is 13.1. The van der Waals surface area contributed by atoms with E-state index in [2.05, 4.69) is 0 Å². The standard InChI is InChI=1S/C15H12ClFO2/c1-9(15(18)19)10-2-4-11(5-3-10)12-6-7-14(17)13(16)8-12/h2-9H,1H3,(H,18,19). The third-order valence-corrected chi connectivity index (χ3v) is 3.32. The van der Waals surface area contributed by atoms with Crippen LogP contribution in [0.15, 0.2) is 42.5 Å². The maximum absolute atomic E-state index is 13.1. The highest BCUT2D eigenvalue weighted by Gasteiger charge is 2.13. The lowest BCUT2D eigenvalue weighted by atomic mass is 9.98. The van der Waals surface area contributed by atoms with Crippen LogP contribution in [0, 0.1) is 5.82 Å². The van der Waals surface area contributed by atoms with Crippen molar-refractivity contribution in [3.05, 3.63) is 58.9 Å². The minimum atomic E-state index is -0.863. The maximum atomic E-state index is 13.1. The first kappa shape index (κ1) is 13.6. The molecule has 1 atom stereocenters. The van der Waals surface area contributed by atoms with Crippen molar-refractivity contribution in [2.75, 3.05) is 0 Å². The molecule has 4 heteroatoms. The third-order valence-electron chi connectivity index (χ3n) is 3.03. The van der Waals surface area contributed by atoms with E-state index in [0.29, 0.717) is 0 Å². The molecule has 0 fully saturated rings. The number of halogens is 2. The van der Waals surface area contributed by atoms with Gasteiger partial charge in [0, 0.05) is 0 Å². The van der Waals surface area contributed by atoms with Crippen LogP contribution in [-0.4, -0.2) is 11.1 Å². The zero-order valence-corrected chi connectivity index (χ0v) is 11.0. The number of benzene rings is 2. The molecule has 2 nitrogen and oxygen atoms in total. The highest BCUT2D eigenvalue weighted by Crippen LogP contribution is 2.26. The summed E-state index contributed by atoms with van der Waals surface area (Å²) in [6.07, 6.45) is 0. The van der Waals surface area contributed by atoms with Crippen LogP contribution in [0.4, 0.5) is 4.39 Å². The molecule has 1 N–H and O–H groups in total. The molecule has 0 radical (unpaired) electrons. The van der Waals surface area contributed by atoms with Crippen molar-refractivity contribution >= 4 is 17.6 Å². The Morgan fingerprint density at radius 3 is 2.26 bits per heavy atom. The van der Waals surface area contributed by atoms with E-state index in [0.717, 1.165) is 16.7 Å². The SMILES string of the molecule is CC(C(=O)O)c1ccc(-c2ccc(F)c(Cl)c2)cc1. The fourth-order valence-electron chi connectivity index (χ4n) is 1.78. The second-order valence-electron chi connectivity index (χ2n) is 4.31. The van der Waals surface area contributed by atoms with E-state index in [9.17, 15) is 9.18 Å². The smallest absolute Gasteiger partial charge is 0.310 e. The van der Waals surface area contributed by atoms with Crippen LogP contribution in [0.1, 0.15) is 18.4 Å². The summed E-state index contributed by atoms with van der Waals surface area (Å²) in [7, 11) is 0. The van der Waals surface area contributed by atoms with Gasteiger partial charge in [-0.05, 0) is 35.7 Å². The molecule has 98 valence electrons. The zero-order chi connectivity index (χ0) is 14.0. The van der Waals surface area contributed by atoms with Gasteiger partial charge in [0.1, 0.15) is 5.82 Å². The van der Waals surface area contributed by atoms with Crippen LogP contribution in [0.25, 0.3) is 11.1 Å². The Bertz CT molecular complexity index is 608. The summed E-state index contributed by atoms with van der Waals surface area (Å²) in [5.74, 6) is -1.87. The second-order valence-corrected chi connectivity index (χ2v) is 4.72. The van der Waals surface area contributed by atoms with Crippen LogP contribution in [0.5, 0.6) is 0 Å². The van der Waals surface area contributed by atoms with Crippen molar-refractivity contribution in [2.24, 2.45) is 0 Å². The zero-order valence-electron chi connectivity index (χ0n) is 10.2. The van der Waals surface area contributed by atoms with Crippen molar-refractivity contribution < 1.29 is 14.3 Å². The van der Waals surface area contributed by atoms with Gasteiger partial charge in [-0.15, -0.1) is 0 Å². The van der Waals surface area contributed by atoms with Crippen molar-refractivity contribution in [3.63, 3.8) is 0 Å². The number of aliphatic carboxylic acids is 1. The predicted octanol–water partition coefficient (Wildman–Crippen LogP) is 4.33. The Balaban J connectivity index is 2.32. The molecule has 0 aliphatic rings.